The molecule has 0 aliphatic rings. The SMILES string of the molecule is CNc1cc(O)cc(NC)c1SSc1c(NC)cc(O)cc1NC. The Balaban J connectivity index is 2.38. The van der Waals surface area contributed by atoms with E-state index in [1.165, 1.54) is 0 Å². The minimum absolute atomic E-state index is 0.203. The first-order valence-corrected chi connectivity index (χ1v) is 9.48. The van der Waals surface area contributed by atoms with Gasteiger partial charge in [-0.2, -0.15) is 0 Å². The van der Waals surface area contributed by atoms with Gasteiger partial charge in [0.05, 0.1) is 32.5 Å². The highest BCUT2D eigenvalue weighted by molar-refractivity contribution is 8.76. The highest BCUT2D eigenvalue weighted by atomic mass is 33.1. The third-order valence-corrected chi connectivity index (χ3v) is 5.98. The molecule has 130 valence electrons. The van der Waals surface area contributed by atoms with Crippen molar-refractivity contribution in [3.05, 3.63) is 24.3 Å². The summed E-state index contributed by atoms with van der Waals surface area (Å²) in [6.07, 6.45) is 0. The molecule has 0 radical (unpaired) electrons. The smallest absolute Gasteiger partial charge is 0.119 e. The van der Waals surface area contributed by atoms with Gasteiger partial charge in [0.1, 0.15) is 11.5 Å². The van der Waals surface area contributed by atoms with Crippen molar-refractivity contribution >= 4 is 44.3 Å². The van der Waals surface area contributed by atoms with Gasteiger partial charge in [0, 0.05) is 52.5 Å². The summed E-state index contributed by atoms with van der Waals surface area (Å²) in [7, 11) is 10.4. The highest BCUT2D eigenvalue weighted by Gasteiger charge is 2.15. The van der Waals surface area contributed by atoms with E-state index in [-0.39, 0.29) is 11.5 Å². The first-order chi connectivity index (χ1) is 11.5. The van der Waals surface area contributed by atoms with E-state index in [0.29, 0.717) is 0 Å². The summed E-state index contributed by atoms with van der Waals surface area (Å²) in [5, 5.41) is 32.1. The molecule has 0 unspecified atom stereocenters. The average molecular weight is 367 g/mol. The average Bonchev–Trinajstić information content (AvgIpc) is 2.59. The zero-order chi connectivity index (χ0) is 17.7. The molecule has 6 N–H and O–H groups in total. The molecule has 0 aliphatic carbocycles. The van der Waals surface area contributed by atoms with Crippen LogP contribution in [0.3, 0.4) is 0 Å². The van der Waals surface area contributed by atoms with E-state index in [1.807, 2.05) is 28.2 Å². The Morgan fingerprint density at radius 3 is 1.04 bits per heavy atom. The van der Waals surface area contributed by atoms with Gasteiger partial charge in [0.15, 0.2) is 0 Å². The first-order valence-electron chi connectivity index (χ1n) is 7.33. The Morgan fingerprint density at radius 2 is 0.833 bits per heavy atom. The maximum atomic E-state index is 9.82. The van der Waals surface area contributed by atoms with Crippen LogP contribution < -0.4 is 21.3 Å². The van der Waals surface area contributed by atoms with Crippen molar-refractivity contribution in [2.45, 2.75) is 9.79 Å². The van der Waals surface area contributed by atoms with Crippen molar-refractivity contribution < 1.29 is 10.2 Å². The molecule has 0 amide bonds. The molecule has 0 heterocycles. The van der Waals surface area contributed by atoms with Gasteiger partial charge in [-0.25, -0.2) is 0 Å². The lowest BCUT2D eigenvalue weighted by atomic mass is 10.2. The van der Waals surface area contributed by atoms with Crippen molar-refractivity contribution in [2.24, 2.45) is 0 Å². The monoisotopic (exact) mass is 366 g/mol. The zero-order valence-electron chi connectivity index (χ0n) is 14.0. The van der Waals surface area contributed by atoms with Crippen LogP contribution in [0.2, 0.25) is 0 Å². The van der Waals surface area contributed by atoms with Gasteiger partial charge in [-0.1, -0.05) is 0 Å². The Bertz CT molecular complexity index is 614. The number of anilines is 4. The summed E-state index contributed by atoms with van der Waals surface area (Å²) in [6, 6.07) is 6.77. The third kappa shape index (κ3) is 3.88. The Hall–Kier alpha value is -2.06. The zero-order valence-corrected chi connectivity index (χ0v) is 15.7. The number of hydrogen-bond acceptors (Lipinski definition) is 8. The lowest BCUT2D eigenvalue weighted by Gasteiger charge is -2.17. The van der Waals surface area contributed by atoms with E-state index >= 15 is 0 Å². The Morgan fingerprint density at radius 1 is 0.583 bits per heavy atom. The largest absolute Gasteiger partial charge is 0.508 e. The summed E-state index contributed by atoms with van der Waals surface area (Å²) in [6.45, 7) is 0. The number of rotatable bonds is 7. The van der Waals surface area contributed by atoms with Gasteiger partial charge in [-0.05, 0) is 21.6 Å². The molecular formula is C16H22N4O2S2. The quantitative estimate of drug-likeness (QED) is 0.409. The Kier molecular flexibility index (Phi) is 6.22. The van der Waals surface area contributed by atoms with Crippen molar-refractivity contribution in [1.82, 2.24) is 0 Å². The standard InChI is InChI=1S/C16H22N4O2S2/c1-17-11-5-9(21)6-12(18-2)15(11)23-24-16-13(19-3)7-10(22)8-14(16)20-4/h5-8,17-22H,1-4H3. The molecule has 2 aromatic rings. The Labute approximate surface area is 149 Å². The molecule has 0 saturated carbocycles. The second-order valence-corrected chi connectivity index (χ2v) is 7.06. The van der Waals surface area contributed by atoms with Crippen LogP contribution in [-0.2, 0) is 0 Å². The number of phenols is 2. The normalized spacial score (nSPS) is 10.3. The molecular weight excluding hydrogens is 344 g/mol. The van der Waals surface area contributed by atoms with E-state index in [9.17, 15) is 10.2 Å². The summed E-state index contributed by atoms with van der Waals surface area (Å²) in [5.41, 5.74) is 3.36. The van der Waals surface area contributed by atoms with Crippen LogP contribution in [0.1, 0.15) is 0 Å². The maximum absolute atomic E-state index is 9.82. The van der Waals surface area contributed by atoms with E-state index in [0.717, 1.165) is 32.5 Å². The van der Waals surface area contributed by atoms with Crippen LogP contribution in [0.25, 0.3) is 0 Å². The molecule has 0 atom stereocenters. The third-order valence-electron chi connectivity index (χ3n) is 3.43. The molecule has 6 nitrogen and oxygen atoms in total. The van der Waals surface area contributed by atoms with Crippen LogP contribution in [0, 0.1) is 0 Å². The van der Waals surface area contributed by atoms with Gasteiger partial charge in [-0.15, -0.1) is 0 Å². The van der Waals surface area contributed by atoms with Gasteiger partial charge < -0.3 is 31.5 Å². The van der Waals surface area contributed by atoms with Crippen molar-refractivity contribution in [2.75, 3.05) is 49.5 Å². The van der Waals surface area contributed by atoms with Crippen LogP contribution in [0.4, 0.5) is 22.7 Å². The first kappa shape index (κ1) is 18.3. The fourth-order valence-electron chi connectivity index (χ4n) is 2.23. The molecule has 0 saturated heterocycles. The molecule has 0 bridgehead atoms. The molecule has 0 aromatic heterocycles. The number of nitrogens with one attached hydrogen (secondary N) is 4. The van der Waals surface area contributed by atoms with Gasteiger partial charge in [0.2, 0.25) is 0 Å². The molecule has 8 heteroatoms. The van der Waals surface area contributed by atoms with Crippen molar-refractivity contribution in [3.8, 4) is 11.5 Å². The van der Waals surface area contributed by atoms with Crippen molar-refractivity contribution in [3.63, 3.8) is 0 Å². The number of aromatic hydroxyl groups is 2. The molecule has 0 spiro atoms. The fourth-order valence-corrected chi connectivity index (χ4v) is 4.98. The van der Waals surface area contributed by atoms with Gasteiger partial charge in [0.25, 0.3) is 0 Å². The van der Waals surface area contributed by atoms with E-state index < -0.39 is 0 Å². The number of benzene rings is 2. The lowest BCUT2D eigenvalue weighted by Crippen LogP contribution is -1.98. The summed E-state index contributed by atoms with van der Waals surface area (Å²) >= 11 is 0. The van der Waals surface area contributed by atoms with Gasteiger partial charge in [-0.3, -0.25) is 0 Å². The second kappa shape index (κ2) is 8.16. The van der Waals surface area contributed by atoms with E-state index in [1.54, 1.807) is 45.9 Å². The molecule has 0 fully saturated rings. The molecule has 0 aliphatic heterocycles. The number of phenolic OH excluding ortho intramolecular Hbond substituents is 2. The van der Waals surface area contributed by atoms with E-state index in [4.69, 9.17) is 0 Å². The maximum Gasteiger partial charge on any atom is 0.119 e. The number of hydrogen-bond donors (Lipinski definition) is 6. The van der Waals surface area contributed by atoms with Crippen molar-refractivity contribution in [1.29, 1.82) is 0 Å². The predicted molar refractivity (Wildman–Crippen MR) is 106 cm³/mol. The predicted octanol–water partition coefficient (Wildman–Crippen LogP) is 4.06. The van der Waals surface area contributed by atoms with Crippen LogP contribution in [0.15, 0.2) is 34.1 Å². The van der Waals surface area contributed by atoms with E-state index in [2.05, 4.69) is 21.3 Å². The lowest BCUT2D eigenvalue weighted by molar-refractivity contribution is 0.475. The topological polar surface area (TPSA) is 88.6 Å². The van der Waals surface area contributed by atoms with Gasteiger partial charge >= 0.3 is 0 Å². The summed E-state index contributed by atoms with van der Waals surface area (Å²) in [5.74, 6) is 0.407. The van der Waals surface area contributed by atoms with Crippen LogP contribution >= 0.6 is 21.6 Å². The second-order valence-electron chi connectivity index (χ2n) is 4.91. The van der Waals surface area contributed by atoms with Crippen LogP contribution in [-0.4, -0.2) is 38.4 Å². The van der Waals surface area contributed by atoms with Crippen LogP contribution in [0.5, 0.6) is 11.5 Å². The summed E-state index contributed by atoms with van der Waals surface area (Å²) < 4.78 is 0. The summed E-state index contributed by atoms with van der Waals surface area (Å²) in [4.78, 5) is 1.97. The fraction of sp³-hybridized carbons (Fsp3) is 0.250. The minimum atomic E-state index is 0.203. The molecule has 24 heavy (non-hydrogen) atoms. The molecule has 2 aromatic carbocycles. The highest BCUT2D eigenvalue weighted by Crippen LogP contribution is 2.50. The molecule has 2 rings (SSSR count). The minimum Gasteiger partial charge on any atom is -0.508 e.